The Kier molecular flexibility index (Phi) is 5.74. The van der Waals surface area contributed by atoms with Gasteiger partial charge in [-0.05, 0) is 35.9 Å². The molecule has 0 spiro atoms. The summed E-state index contributed by atoms with van der Waals surface area (Å²) in [6.45, 7) is 0. The monoisotopic (exact) mass is 386 g/mol. The van der Waals surface area contributed by atoms with Gasteiger partial charge in [0.15, 0.2) is 0 Å². The summed E-state index contributed by atoms with van der Waals surface area (Å²) in [5.74, 6) is -0.233. The SMILES string of the molecule is CN(c1ccc(CC(=O)Nc2ccc(Cl)cc2Cl)cc1)S(C)(=O)=O. The second-order valence-electron chi connectivity index (χ2n) is 5.25. The molecule has 0 unspecified atom stereocenters. The highest BCUT2D eigenvalue weighted by atomic mass is 35.5. The average molecular weight is 387 g/mol. The fraction of sp³-hybridized carbons (Fsp3) is 0.188. The fourth-order valence-corrected chi connectivity index (χ4v) is 2.95. The molecule has 1 amide bonds. The first-order valence-corrected chi connectivity index (χ1v) is 9.55. The Morgan fingerprint density at radius 1 is 1.12 bits per heavy atom. The first kappa shape index (κ1) is 18.6. The van der Waals surface area contributed by atoms with Crippen molar-refractivity contribution in [3.8, 4) is 0 Å². The maximum absolute atomic E-state index is 12.1. The lowest BCUT2D eigenvalue weighted by Crippen LogP contribution is -2.24. The summed E-state index contributed by atoms with van der Waals surface area (Å²) in [5, 5.41) is 3.56. The lowest BCUT2D eigenvalue weighted by atomic mass is 10.1. The smallest absolute Gasteiger partial charge is 0.231 e. The highest BCUT2D eigenvalue weighted by Gasteiger charge is 2.12. The molecule has 2 rings (SSSR count). The van der Waals surface area contributed by atoms with Crippen molar-refractivity contribution in [1.82, 2.24) is 0 Å². The topological polar surface area (TPSA) is 66.5 Å². The second-order valence-corrected chi connectivity index (χ2v) is 8.10. The number of hydrogen-bond acceptors (Lipinski definition) is 3. The van der Waals surface area contributed by atoms with Crippen LogP contribution < -0.4 is 9.62 Å². The lowest BCUT2D eigenvalue weighted by Gasteiger charge is -2.16. The van der Waals surface area contributed by atoms with Gasteiger partial charge in [-0.15, -0.1) is 0 Å². The van der Waals surface area contributed by atoms with Crippen molar-refractivity contribution < 1.29 is 13.2 Å². The van der Waals surface area contributed by atoms with E-state index < -0.39 is 10.0 Å². The number of rotatable bonds is 5. The van der Waals surface area contributed by atoms with Crippen LogP contribution in [0.1, 0.15) is 5.56 Å². The highest BCUT2D eigenvalue weighted by Crippen LogP contribution is 2.25. The molecule has 0 heterocycles. The summed E-state index contributed by atoms with van der Waals surface area (Å²) >= 11 is 11.8. The van der Waals surface area contributed by atoms with Gasteiger partial charge < -0.3 is 5.32 Å². The van der Waals surface area contributed by atoms with E-state index >= 15 is 0 Å². The van der Waals surface area contributed by atoms with E-state index in [0.29, 0.717) is 21.4 Å². The number of benzene rings is 2. The van der Waals surface area contributed by atoms with E-state index in [2.05, 4.69) is 5.32 Å². The largest absolute Gasteiger partial charge is 0.324 e. The predicted octanol–water partition coefficient (Wildman–Crippen LogP) is 3.57. The molecule has 0 aliphatic carbocycles. The Hall–Kier alpha value is -1.76. The van der Waals surface area contributed by atoms with Crippen LogP contribution in [-0.4, -0.2) is 27.6 Å². The third-order valence-corrected chi connectivity index (χ3v) is 5.12. The van der Waals surface area contributed by atoms with E-state index in [4.69, 9.17) is 23.2 Å². The first-order valence-electron chi connectivity index (χ1n) is 6.94. The third kappa shape index (κ3) is 4.87. The van der Waals surface area contributed by atoms with Gasteiger partial charge in [0, 0.05) is 12.1 Å². The number of hydrogen-bond donors (Lipinski definition) is 1. The molecule has 0 atom stereocenters. The minimum absolute atomic E-state index is 0.141. The molecule has 8 heteroatoms. The molecule has 0 saturated carbocycles. The quantitative estimate of drug-likeness (QED) is 0.853. The zero-order valence-electron chi connectivity index (χ0n) is 13.1. The fourth-order valence-electron chi connectivity index (χ4n) is 1.99. The molecule has 2 aromatic carbocycles. The number of nitrogens with zero attached hydrogens (tertiary/aromatic N) is 1. The van der Waals surface area contributed by atoms with Gasteiger partial charge in [0.1, 0.15) is 0 Å². The summed E-state index contributed by atoms with van der Waals surface area (Å²) in [4.78, 5) is 12.1. The van der Waals surface area contributed by atoms with Crippen molar-refractivity contribution in [1.29, 1.82) is 0 Å². The molecule has 0 fully saturated rings. The highest BCUT2D eigenvalue weighted by molar-refractivity contribution is 7.92. The maximum Gasteiger partial charge on any atom is 0.231 e. The zero-order chi connectivity index (χ0) is 17.9. The van der Waals surface area contributed by atoms with Crippen LogP contribution in [0.2, 0.25) is 10.0 Å². The number of amides is 1. The molecular formula is C16H16Cl2N2O3S. The van der Waals surface area contributed by atoms with Crippen LogP contribution in [-0.2, 0) is 21.2 Å². The molecule has 2 aromatic rings. The molecule has 0 aliphatic rings. The molecule has 0 saturated heterocycles. The standard InChI is InChI=1S/C16H16Cl2N2O3S/c1-20(24(2,22)23)13-6-3-11(4-7-13)9-16(21)19-15-8-5-12(17)10-14(15)18/h3-8,10H,9H2,1-2H3,(H,19,21). The maximum atomic E-state index is 12.1. The van der Waals surface area contributed by atoms with Crippen molar-refractivity contribution in [3.05, 3.63) is 58.1 Å². The Labute approximate surface area is 151 Å². The summed E-state index contributed by atoms with van der Waals surface area (Å²) < 4.78 is 24.2. The van der Waals surface area contributed by atoms with E-state index in [1.807, 2.05) is 0 Å². The number of carbonyl (C=O) groups is 1. The van der Waals surface area contributed by atoms with Crippen LogP contribution in [0.4, 0.5) is 11.4 Å². The summed E-state index contributed by atoms with van der Waals surface area (Å²) in [6, 6.07) is 11.5. The van der Waals surface area contributed by atoms with Crippen molar-refractivity contribution in [3.63, 3.8) is 0 Å². The third-order valence-electron chi connectivity index (χ3n) is 3.37. The van der Waals surface area contributed by atoms with Crippen molar-refractivity contribution >= 4 is 50.5 Å². The Morgan fingerprint density at radius 3 is 2.29 bits per heavy atom. The van der Waals surface area contributed by atoms with Gasteiger partial charge in [-0.3, -0.25) is 9.10 Å². The molecule has 24 heavy (non-hydrogen) atoms. The number of sulfonamides is 1. The number of nitrogens with one attached hydrogen (secondary N) is 1. The van der Waals surface area contributed by atoms with Crippen LogP contribution in [0.5, 0.6) is 0 Å². The summed E-state index contributed by atoms with van der Waals surface area (Å²) in [6.07, 6.45) is 1.27. The van der Waals surface area contributed by atoms with Crippen LogP contribution >= 0.6 is 23.2 Å². The van der Waals surface area contributed by atoms with Gasteiger partial charge in [0.05, 0.1) is 29.1 Å². The number of carbonyl (C=O) groups excluding carboxylic acids is 1. The van der Waals surface area contributed by atoms with Crippen molar-refractivity contribution in [2.24, 2.45) is 0 Å². The normalized spacial score (nSPS) is 11.2. The summed E-state index contributed by atoms with van der Waals surface area (Å²) in [5.41, 5.74) is 1.77. The minimum atomic E-state index is -3.31. The lowest BCUT2D eigenvalue weighted by molar-refractivity contribution is -0.115. The van der Waals surface area contributed by atoms with Crippen LogP contribution in [0.15, 0.2) is 42.5 Å². The molecule has 1 N–H and O–H groups in total. The molecular weight excluding hydrogens is 371 g/mol. The van der Waals surface area contributed by atoms with E-state index in [9.17, 15) is 13.2 Å². The van der Waals surface area contributed by atoms with Crippen LogP contribution in [0.25, 0.3) is 0 Å². The van der Waals surface area contributed by atoms with Crippen LogP contribution in [0, 0.1) is 0 Å². The van der Waals surface area contributed by atoms with E-state index in [-0.39, 0.29) is 12.3 Å². The van der Waals surface area contributed by atoms with Crippen molar-refractivity contribution in [2.45, 2.75) is 6.42 Å². The van der Waals surface area contributed by atoms with Gasteiger partial charge in [-0.2, -0.15) is 0 Å². The minimum Gasteiger partial charge on any atom is -0.324 e. The van der Waals surface area contributed by atoms with E-state index in [1.165, 1.54) is 11.4 Å². The summed E-state index contributed by atoms with van der Waals surface area (Å²) in [7, 11) is -1.84. The van der Waals surface area contributed by atoms with Gasteiger partial charge in [0.2, 0.25) is 15.9 Å². The second kappa shape index (κ2) is 7.42. The first-order chi connectivity index (χ1) is 11.2. The van der Waals surface area contributed by atoms with Gasteiger partial charge in [-0.25, -0.2) is 8.42 Å². The molecule has 0 aromatic heterocycles. The molecule has 0 bridgehead atoms. The van der Waals surface area contributed by atoms with E-state index in [0.717, 1.165) is 11.8 Å². The average Bonchev–Trinajstić information content (AvgIpc) is 2.49. The number of anilines is 2. The Balaban J connectivity index is 2.04. The Morgan fingerprint density at radius 2 is 1.75 bits per heavy atom. The molecule has 0 aliphatic heterocycles. The molecule has 128 valence electrons. The Bertz CT molecular complexity index is 852. The van der Waals surface area contributed by atoms with Crippen molar-refractivity contribution in [2.75, 3.05) is 22.9 Å². The van der Waals surface area contributed by atoms with Gasteiger partial charge in [0.25, 0.3) is 0 Å². The predicted molar refractivity (Wildman–Crippen MR) is 98.5 cm³/mol. The van der Waals surface area contributed by atoms with Gasteiger partial charge >= 0.3 is 0 Å². The molecule has 0 radical (unpaired) electrons. The van der Waals surface area contributed by atoms with E-state index in [1.54, 1.807) is 42.5 Å². The number of halogens is 2. The van der Waals surface area contributed by atoms with Gasteiger partial charge in [-0.1, -0.05) is 35.3 Å². The zero-order valence-corrected chi connectivity index (χ0v) is 15.4. The van der Waals surface area contributed by atoms with Crippen LogP contribution in [0.3, 0.4) is 0 Å². The molecule has 5 nitrogen and oxygen atoms in total.